The summed E-state index contributed by atoms with van der Waals surface area (Å²) in [5, 5.41) is 10.5. The number of carbonyl (C=O) groups excluding carboxylic acids is 2. The lowest BCUT2D eigenvalue weighted by Crippen LogP contribution is -2.34. The van der Waals surface area contributed by atoms with E-state index in [-0.39, 0.29) is 31.2 Å². The van der Waals surface area contributed by atoms with Gasteiger partial charge >= 0.3 is 5.97 Å². The Bertz CT molecular complexity index is 498. The van der Waals surface area contributed by atoms with Crippen LogP contribution in [0.1, 0.15) is 12.5 Å². The van der Waals surface area contributed by atoms with Gasteiger partial charge in [-0.15, -0.1) is 0 Å². The number of carbonyl (C=O) groups is 2. The topological polar surface area (TPSA) is 89.8 Å². The molecule has 0 unspecified atom stereocenters. The molecule has 0 aliphatic carbocycles. The van der Waals surface area contributed by atoms with Gasteiger partial charge < -0.3 is 9.64 Å². The number of rotatable bonds is 6. The van der Waals surface area contributed by atoms with Gasteiger partial charge in [0, 0.05) is 19.2 Å². The lowest BCUT2D eigenvalue weighted by atomic mass is 10.1. The van der Waals surface area contributed by atoms with Gasteiger partial charge in [0.25, 0.3) is 5.69 Å². The van der Waals surface area contributed by atoms with E-state index in [1.165, 1.54) is 36.2 Å². The zero-order valence-electron chi connectivity index (χ0n) is 11.4. The van der Waals surface area contributed by atoms with E-state index >= 15 is 0 Å². The smallest absolute Gasteiger partial charge is 0.325 e. The molecular formula is C13H16N2O5. The third-order valence-corrected chi connectivity index (χ3v) is 2.60. The number of esters is 1. The molecule has 0 N–H and O–H groups in total. The summed E-state index contributed by atoms with van der Waals surface area (Å²) in [6.45, 7) is 1.85. The molecular weight excluding hydrogens is 264 g/mol. The molecule has 0 aliphatic heterocycles. The third-order valence-electron chi connectivity index (χ3n) is 2.60. The Morgan fingerprint density at radius 3 is 2.40 bits per heavy atom. The van der Waals surface area contributed by atoms with Crippen LogP contribution in [0.4, 0.5) is 5.69 Å². The first kappa shape index (κ1) is 15.6. The van der Waals surface area contributed by atoms with Crippen molar-refractivity contribution in [3.63, 3.8) is 0 Å². The predicted molar refractivity (Wildman–Crippen MR) is 71.1 cm³/mol. The monoisotopic (exact) mass is 280 g/mol. The Kier molecular flexibility index (Phi) is 5.64. The van der Waals surface area contributed by atoms with Gasteiger partial charge in [0.1, 0.15) is 6.54 Å². The molecule has 0 aromatic heterocycles. The van der Waals surface area contributed by atoms with E-state index in [1.807, 2.05) is 0 Å². The van der Waals surface area contributed by atoms with Gasteiger partial charge in [-0.3, -0.25) is 19.7 Å². The number of benzene rings is 1. The van der Waals surface area contributed by atoms with Crippen LogP contribution in [0.5, 0.6) is 0 Å². The fourth-order valence-electron chi connectivity index (χ4n) is 1.53. The van der Waals surface area contributed by atoms with Crippen LogP contribution in [-0.4, -0.2) is 41.9 Å². The molecule has 108 valence electrons. The highest BCUT2D eigenvalue weighted by atomic mass is 16.6. The average molecular weight is 280 g/mol. The highest BCUT2D eigenvalue weighted by Gasteiger charge is 2.14. The molecule has 1 aromatic carbocycles. The Morgan fingerprint density at radius 2 is 1.90 bits per heavy atom. The molecule has 1 amide bonds. The zero-order chi connectivity index (χ0) is 15.1. The second kappa shape index (κ2) is 7.22. The van der Waals surface area contributed by atoms with E-state index in [1.54, 1.807) is 6.92 Å². The molecule has 0 aliphatic rings. The Hall–Kier alpha value is -2.44. The van der Waals surface area contributed by atoms with Crippen molar-refractivity contribution in [3.8, 4) is 0 Å². The number of non-ortho nitro benzene ring substituents is 1. The number of amides is 1. The minimum Gasteiger partial charge on any atom is -0.465 e. The maximum absolute atomic E-state index is 11.9. The van der Waals surface area contributed by atoms with Crippen LogP contribution >= 0.6 is 0 Å². The first-order chi connectivity index (χ1) is 9.43. The van der Waals surface area contributed by atoms with Crippen LogP contribution < -0.4 is 0 Å². The van der Waals surface area contributed by atoms with E-state index in [0.29, 0.717) is 5.56 Å². The number of nitro benzene ring substituents is 1. The summed E-state index contributed by atoms with van der Waals surface area (Å²) < 4.78 is 4.75. The number of ether oxygens (including phenoxy) is 1. The molecule has 0 bridgehead atoms. The van der Waals surface area contributed by atoms with E-state index in [9.17, 15) is 19.7 Å². The van der Waals surface area contributed by atoms with Gasteiger partial charge in [0.05, 0.1) is 18.0 Å². The summed E-state index contributed by atoms with van der Waals surface area (Å²) in [5.74, 6) is -0.723. The highest BCUT2D eigenvalue weighted by Crippen LogP contribution is 2.12. The summed E-state index contributed by atoms with van der Waals surface area (Å²) in [5.41, 5.74) is 0.623. The van der Waals surface area contributed by atoms with Crippen molar-refractivity contribution in [3.05, 3.63) is 39.9 Å². The van der Waals surface area contributed by atoms with Gasteiger partial charge in [0.15, 0.2) is 0 Å². The van der Waals surface area contributed by atoms with Crippen LogP contribution in [0.2, 0.25) is 0 Å². The summed E-state index contributed by atoms with van der Waals surface area (Å²) in [4.78, 5) is 34.4. The fourth-order valence-corrected chi connectivity index (χ4v) is 1.53. The number of hydrogen-bond acceptors (Lipinski definition) is 5. The van der Waals surface area contributed by atoms with E-state index < -0.39 is 10.9 Å². The number of hydrogen-bond donors (Lipinski definition) is 0. The number of nitro groups is 1. The summed E-state index contributed by atoms with van der Waals surface area (Å²) in [6.07, 6.45) is 0.0773. The van der Waals surface area contributed by atoms with Crippen LogP contribution in [0.25, 0.3) is 0 Å². The lowest BCUT2D eigenvalue weighted by molar-refractivity contribution is -0.384. The fraction of sp³-hybridized carbons (Fsp3) is 0.385. The molecule has 1 aromatic rings. The maximum atomic E-state index is 11.9. The van der Waals surface area contributed by atoms with Crippen molar-refractivity contribution in [2.24, 2.45) is 0 Å². The molecule has 7 nitrogen and oxygen atoms in total. The minimum atomic E-state index is -0.502. The lowest BCUT2D eigenvalue weighted by Gasteiger charge is -2.15. The van der Waals surface area contributed by atoms with E-state index in [4.69, 9.17) is 4.74 Å². The SMILES string of the molecule is CCOC(=O)CN(C)C(=O)Cc1ccc([N+](=O)[O-])cc1. The van der Waals surface area contributed by atoms with Crippen LogP contribution in [0.3, 0.4) is 0 Å². The summed E-state index contributed by atoms with van der Waals surface area (Å²) >= 11 is 0. The summed E-state index contributed by atoms with van der Waals surface area (Å²) in [6, 6.07) is 5.73. The van der Waals surface area contributed by atoms with E-state index in [0.717, 1.165) is 0 Å². The van der Waals surface area contributed by atoms with Crippen LogP contribution in [0.15, 0.2) is 24.3 Å². The van der Waals surface area contributed by atoms with Gasteiger partial charge in [0.2, 0.25) is 5.91 Å². The quantitative estimate of drug-likeness (QED) is 0.443. The molecule has 0 saturated carbocycles. The Balaban J connectivity index is 2.57. The van der Waals surface area contributed by atoms with E-state index in [2.05, 4.69) is 0 Å². The van der Waals surface area contributed by atoms with Gasteiger partial charge in [-0.25, -0.2) is 0 Å². The normalized spacial score (nSPS) is 9.90. The van der Waals surface area contributed by atoms with Crippen molar-refractivity contribution in [2.45, 2.75) is 13.3 Å². The molecule has 0 saturated heterocycles. The zero-order valence-corrected chi connectivity index (χ0v) is 11.4. The van der Waals surface area contributed by atoms with Crippen molar-refractivity contribution in [2.75, 3.05) is 20.2 Å². The molecule has 0 fully saturated rings. The van der Waals surface area contributed by atoms with Gasteiger partial charge in [-0.05, 0) is 12.5 Å². The maximum Gasteiger partial charge on any atom is 0.325 e. The average Bonchev–Trinajstić information content (AvgIpc) is 2.39. The third kappa shape index (κ3) is 4.68. The first-order valence-electron chi connectivity index (χ1n) is 6.07. The van der Waals surface area contributed by atoms with Crippen molar-refractivity contribution < 1.29 is 19.2 Å². The molecule has 1 rings (SSSR count). The van der Waals surface area contributed by atoms with Crippen molar-refractivity contribution >= 4 is 17.6 Å². The number of nitrogens with zero attached hydrogens (tertiary/aromatic N) is 2. The van der Waals surface area contributed by atoms with Crippen LogP contribution in [-0.2, 0) is 20.7 Å². The largest absolute Gasteiger partial charge is 0.465 e. The van der Waals surface area contributed by atoms with Crippen molar-refractivity contribution in [1.29, 1.82) is 0 Å². The minimum absolute atomic E-state index is 0.0268. The standard InChI is InChI=1S/C13H16N2O5/c1-3-20-13(17)9-14(2)12(16)8-10-4-6-11(7-5-10)15(18)19/h4-7H,3,8-9H2,1-2H3. The summed E-state index contributed by atoms with van der Waals surface area (Å²) in [7, 11) is 1.50. The predicted octanol–water partition coefficient (Wildman–Crippen LogP) is 1.16. The Labute approximate surface area is 116 Å². The first-order valence-corrected chi connectivity index (χ1v) is 6.07. The second-order valence-corrected chi connectivity index (χ2v) is 4.16. The van der Waals surface area contributed by atoms with Gasteiger partial charge in [-0.1, -0.05) is 12.1 Å². The number of likely N-dealkylation sites (N-methyl/N-ethyl adjacent to an activating group) is 1. The molecule has 0 heterocycles. The van der Waals surface area contributed by atoms with Gasteiger partial charge in [-0.2, -0.15) is 0 Å². The molecule has 20 heavy (non-hydrogen) atoms. The highest BCUT2D eigenvalue weighted by molar-refractivity contribution is 5.83. The Morgan fingerprint density at radius 1 is 1.30 bits per heavy atom. The van der Waals surface area contributed by atoms with Crippen LogP contribution in [0, 0.1) is 10.1 Å². The molecule has 7 heteroatoms. The molecule has 0 spiro atoms. The molecule has 0 radical (unpaired) electrons. The second-order valence-electron chi connectivity index (χ2n) is 4.16. The molecule has 0 atom stereocenters. The van der Waals surface area contributed by atoms with Crippen molar-refractivity contribution in [1.82, 2.24) is 4.90 Å².